The van der Waals surface area contributed by atoms with E-state index < -0.39 is 0 Å². The van der Waals surface area contributed by atoms with Crippen LogP contribution in [0.4, 0.5) is 0 Å². The van der Waals surface area contributed by atoms with Gasteiger partial charge >= 0.3 is 5.97 Å². The molecule has 2 bridgehead atoms. The van der Waals surface area contributed by atoms with Gasteiger partial charge in [0.05, 0.1) is 25.2 Å². The van der Waals surface area contributed by atoms with E-state index in [1.54, 1.807) is 0 Å². The fourth-order valence-electron chi connectivity index (χ4n) is 3.45. The van der Waals surface area contributed by atoms with Crippen molar-refractivity contribution in [3.05, 3.63) is 0 Å². The summed E-state index contributed by atoms with van der Waals surface area (Å²) in [5.41, 5.74) is 0.0857. The zero-order valence-corrected chi connectivity index (χ0v) is 7.95. The molecule has 2 saturated carbocycles. The first-order chi connectivity index (χ1) is 6.16. The molecule has 3 nitrogen and oxygen atoms in total. The summed E-state index contributed by atoms with van der Waals surface area (Å²) in [5, 5.41) is 0. The molecule has 5 unspecified atom stereocenters. The smallest absolute Gasteiger partial charge is 0.309 e. The summed E-state index contributed by atoms with van der Waals surface area (Å²) in [7, 11) is 1.48. The monoisotopic (exact) mass is 182 g/mol. The molecular formula is C10H14O3. The third kappa shape index (κ3) is 0.766. The molecule has 3 aliphatic rings. The van der Waals surface area contributed by atoms with Gasteiger partial charge in [0.15, 0.2) is 0 Å². The van der Waals surface area contributed by atoms with Crippen molar-refractivity contribution in [2.45, 2.75) is 32.0 Å². The molecule has 1 aliphatic heterocycles. The topological polar surface area (TPSA) is 38.8 Å². The Morgan fingerprint density at radius 2 is 2.38 bits per heavy atom. The zero-order valence-electron chi connectivity index (χ0n) is 7.95. The first-order valence-electron chi connectivity index (χ1n) is 4.90. The number of methoxy groups -OCH3 is 1. The minimum Gasteiger partial charge on any atom is -0.469 e. The summed E-state index contributed by atoms with van der Waals surface area (Å²) < 4.78 is 10.4. The normalized spacial score (nSPS) is 56.2. The van der Waals surface area contributed by atoms with Gasteiger partial charge in [-0.25, -0.2) is 0 Å². The first-order valence-corrected chi connectivity index (χ1v) is 4.90. The molecule has 0 spiro atoms. The summed E-state index contributed by atoms with van der Waals surface area (Å²) in [6.45, 7) is 2.17. The van der Waals surface area contributed by atoms with E-state index >= 15 is 0 Å². The second kappa shape index (κ2) is 2.08. The summed E-state index contributed by atoms with van der Waals surface area (Å²) in [4.78, 5) is 11.5. The highest BCUT2D eigenvalue weighted by Crippen LogP contribution is 2.66. The number of ether oxygens (including phenoxy) is 2. The Labute approximate surface area is 77.4 Å². The quantitative estimate of drug-likeness (QED) is 0.448. The number of carbonyl (C=O) groups excluding carboxylic acids is 1. The number of hydrogen-bond acceptors (Lipinski definition) is 3. The number of epoxide rings is 1. The Kier molecular flexibility index (Phi) is 1.25. The average Bonchev–Trinajstić information content (AvgIpc) is 2.80. The molecule has 0 N–H and O–H groups in total. The van der Waals surface area contributed by atoms with E-state index in [4.69, 9.17) is 9.47 Å². The van der Waals surface area contributed by atoms with E-state index in [9.17, 15) is 4.79 Å². The van der Waals surface area contributed by atoms with Crippen molar-refractivity contribution in [1.82, 2.24) is 0 Å². The third-order valence-electron chi connectivity index (χ3n) is 4.16. The van der Waals surface area contributed by atoms with Crippen LogP contribution in [0.15, 0.2) is 0 Å². The lowest BCUT2D eigenvalue weighted by molar-refractivity contribution is -0.149. The molecule has 0 aromatic heterocycles. The lowest BCUT2D eigenvalue weighted by Crippen LogP contribution is -2.35. The van der Waals surface area contributed by atoms with Gasteiger partial charge in [-0.15, -0.1) is 0 Å². The van der Waals surface area contributed by atoms with Crippen LogP contribution >= 0.6 is 0 Å². The largest absolute Gasteiger partial charge is 0.469 e. The van der Waals surface area contributed by atoms with Gasteiger partial charge in [0.1, 0.15) is 0 Å². The maximum Gasteiger partial charge on any atom is 0.309 e. The lowest BCUT2D eigenvalue weighted by atomic mass is 9.76. The molecule has 13 heavy (non-hydrogen) atoms. The van der Waals surface area contributed by atoms with Gasteiger partial charge in [-0.3, -0.25) is 4.79 Å². The van der Waals surface area contributed by atoms with Crippen LogP contribution in [0.5, 0.6) is 0 Å². The van der Waals surface area contributed by atoms with E-state index in [1.165, 1.54) is 7.11 Å². The highest BCUT2D eigenvalue weighted by molar-refractivity contribution is 5.74. The van der Waals surface area contributed by atoms with Gasteiger partial charge < -0.3 is 9.47 Å². The van der Waals surface area contributed by atoms with Gasteiger partial charge in [0, 0.05) is 5.41 Å². The molecule has 0 aromatic carbocycles. The molecule has 0 aromatic rings. The molecule has 2 aliphatic carbocycles. The molecule has 0 amide bonds. The molecule has 0 radical (unpaired) electrons. The Balaban J connectivity index is 1.89. The number of carbonyl (C=O) groups is 1. The highest BCUT2D eigenvalue weighted by Gasteiger charge is 2.71. The van der Waals surface area contributed by atoms with Gasteiger partial charge in [0.25, 0.3) is 0 Å². The van der Waals surface area contributed by atoms with Crippen LogP contribution in [-0.2, 0) is 14.3 Å². The molecule has 1 heterocycles. The van der Waals surface area contributed by atoms with Crippen LogP contribution in [0.25, 0.3) is 0 Å². The SMILES string of the molecule is COC(=O)C1CC2CC1(C)C1OC21. The Morgan fingerprint density at radius 1 is 1.62 bits per heavy atom. The van der Waals surface area contributed by atoms with E-state index in [1.807, 2.05) is 0 Å². The second-order valence-electron chi connectivity index (χ2n) is 4.80. The summed E-state index contributed by atoms with van der Waals surface area (Å²) in [6, 6.07) is 0. The van der Waals surface area contributed by atoms with Crippen LogP contribution in [0.1, 0.15) is 19.8 Å². The first kappa shape index (κ1) is 7.80. The number of hydrogen-bond donors (Lipinski definition) is 0. The Bertz CT molecular complexity index is 273. The Morgan fingerprint density at radius 3 is 2.92 bits per heavy atom. The third-order valence-corrected chi connectivity index (χ3v) is 4.16. The fourth-order valence-corrected chi connectivity index (χ4v) is 3.45. The predicted octanol–water partition coefficient (Wildman–Crippen LogP) is 0.973. The standard InChI is InChI=1S/C10H14O3/c1-10-4-5(7-8(10)13-7)3-6(10)9(11)12-2/h5-8H,3-4H2,1-2H3. The van der Waals surface area contributed by atoms with E-state index in [0.717, 1.165) is 12.8 Å². The molecule has 72 valence electrons. The molecule has 3 heteroatoms. The molecule has 3 rings (SSSR count). The van der Waals surface area contributed by atoms with Crippen molar-refractivity contribution in [3.63, 3.8) is 0 Å². The minimum atomic E-state index is -0.0426. The van der Waals surface area contributed by atoms with E-state index in [-0.39, 0.29) is 17.3 Å². The average molecular weight is 182 g/mol. The maximum absolute atomic E-state index is 11.5. The summed E-state index contributed by atoms with van der Waals surface area (Å²) in [6.07, 6.45) is 2.97. The number of fused-ring (bicyclic) bond motifs is 5. The van der Waals surface area contributed by atoms with Gasteiger partial charge in [-0.05, 0) is 18.8 Å². The zero-order chi connectivity index (χ0) is 9.22. The minimum absolute atomic E-state index is 0.0426. The molecule has 3 fully saturated rings. The number of esters is 1. The molecular weight excluding hydrogens is 168 g/mol. The maximum atomic E-state index is 11.5. The predicted molar refractivity (Wildman–Crippen MR) is 45.0 cm³/mol. The Hall–Kier alpha value is -0.570. The van der Waals surface area contributed by atoms with Crippen LogP contribution in [-0.4, -0.2) is 25.3 Å². The van der Waals surface area contributed by atoms with E-state index in [0.29, 0.717) is 18.1 Å². The van der Waals surface area contributed by atoms with Gasteiger partial charge in [0.2, 0.25) is 0 Å². The van der Waals surface area contributed by atoms with Crippen molar-refractivity contribution >= 4 is 5.97 Å². The fraction of sp³-hybridized carbons (Fsp3) is 0.900. The van der Waals surface area contributed by atoms with Crippen molar-refractivity contribution in [2.75, 3.05) is 7.11 Å². The van der Waals surface area contributed by atoms with Crippen molar-refractivity contribution in [1.29, 1.82) is 0 Å². The van der Waals surface area contributed by atoms with Gasteiger partial charge in [-0.2, -0.15) is 0 Å². The van der Waals surface area contributed by atoms with Crippen LogP contribution in [0.3, 0.4) is 0 Å². The lowest BCUT2D eigenvalue weighted by Gasteiger charge is -2.27. The van der Waals surface area contributed by atoms with Crippen LogP contribution in [0, 0.1) is 17.3 Å². The van der Waals surface area contributed by atoms with Crippen LogP contribution < -0.4 is 0 Å². The summed E-state index contributed by atoms with van der Waals surface area (Å²) >= 11 is 0. The van der Waals surface area contributed by atoms with Crippen molar-refractivity contribution in [3.8, 4) is 0 Å². The molecule has 5 atom stereocenters. The highest BCUT2D eigenvalue weighted by atomic mass is 16.6. The van der Waals surface area contributed by atoms with E-state index in [2.05, 4.69) is 6.92 Å². The number of rotatable bonds is 1. The summed E-state index contributed by atoms with van der Waals surface area (Å²) in [5.74, 6) is 0.671. The van der Waals surface area contributed by atoms with Gasteiger partial charge in [-0.1, -0.05) is 6.92 Å². The van der Waals surface area contributed by atoms with Crippen molar-refractivity contribution < 1.29 is 14.3 Å². The molecule has 1 saturated heterocycles. The second-order valence-corrected chi connectivity index (χ2v) is 4.80. The van der Waals surface area contributed by atoms with Crippen LogP contribution in [0.2, 0.25) is 0 Å². The van der Waals surface area contributed by atoms with Crippen molar-refractivity contribution in [2.24, 2.45) is 17.3 Å².